The van der Waals surface area contributed by atoms with E-state index in [9.17, 15) is 18.0 Å². The minimum atomic E-state index is -0.764. The maximum atomic E-state index is 14.6. The second-order valence-electron chi connectivity index (χ2n) is 6.53. The molecular weight excluding hydrogens is 461 g/mol. The van der Waals surface area contributed by atoms with E-state index in [0.29, 0.717) is 16.4 Å². The topological polar surface area (TPSA) is 59.8 Å². The van der Waals surface area contributed by atoms with Crippen molar-refractivity contribution in [3.8, 4) is 17.1 Å². The molecule has 162 valence electrons. The Hall–Kier alpha value is -3.30. The number of carbonyl (C=O) groups is 1. The summed E-state index contributed by atoms with van der Waals surface area (Å²) >= 11 is 7.26. The first kappa shape index (κ1) is 21.9. The third kappa shape index (κ3) is 4.63. The molecule has 0 saturated carbocycles. The van der Waals surface area contributed by atoms with Crippen LogP contribution in [0.3, 0.4) is 0 Å². The molecule has 10 heteroatoms. The third-order valence-corrected chi connectivity index (χ3v) is 5.63. The fourth-order valence-electron chi connectivity index (χ4n) is 2.94. The lowest BCUT2D eigenvalue weighted by Gasteiger charge is -2.12. The van der Waals surface area contributed by atoms with E-state index in [4.69, 9.17) is 11.6 Å². The highest BCUT2D eigenvalue weighted by molar-refractivity contribution is 7.99. The maximum absolute atomic E-state index is 14.6. The number of nitrogens with zero attached hydrogens (tertiary/aromatic N) is 3. The molecule has 32 heavy (non-hydrogen) atoms. The molecule has 1 aromatic heterocycles. The van der Waals surface area contributed by atoms with Gasteiger partial charge in [-0.05, 0) is 36.4 Å². The van der Waals surface area contributed by atoms with E-state index in [1.54, 1.807) is 42.5 Å². The minimum absolute atomic E-state index is 0.173. The van der Waals surface area contributed by atoms with Crippen LogP contribution in [0, 0.1) is 17.5 Å². The number of amides is 1. The van der Waals surface area contributed by atoms with Crippen LogP contribution < -0.4 is 5.32 Å². The zero-order chi connectivity index (χ0) is 22.7. The molecule has 5 nitrogen and oxygen atoms in total. The van der Waals surface area contributed by atoms with Crippen LogP contribution in [-0.4, -0.2) is 26.4 Å². The number of carbonyl (C=O) groups excluding carboxylic acids is 1. The van der Waals surface area contributed by atoms with Crippen LogP contribution in [0.1, 0.15) is 0 Å². The number of nitrogens with one attached hydrogen (secondary N) is 1. The van der Waals surface area contributed by atoms with Crippen molar-refractivity contribution < 1.29 is 18.0 Å². The van der Waals surface area contributed by atoms with Crippen molar-refractivity contribution in [3.05, 3.63) is 89.2 Å². The van der Waals surface area contributed by atoms with Gasteiger partial charge in [0, 0.05) is 11.6 Å². The van der Waals surface area contributed by atoms with E-state index >= 15 is 0 Å². The van der Waals surface area contributed by atoms with Gasteiger partial charge in [0.25, 0.3) is 0 Å². The molecule has 0 bridgehead atoms. The first-order valence-electron chi connectivity index (χ1n) is 9.27. The van der Waals surface area contributed by atoms with Crippen molar-refractivity contribution in [2.24, 2.45) is 0 Å². The lowest BCUT2D eigenvalue weighted by molar-refractivity contribution is -0.113. The van der Waals surface area contributed by atoms with Crippen molar-refractivity contribution in [2.75, 3.05) is 11.1 Å². The van der Waals surface area contributed by atoms with E-state index in [1.165, 1.54) is 10.6 Å². The van der Waals surface area contributed by atoms with E-state index in [2.05, 4.69) is 15.5 Å². The zero-order valence-corrected chi connectivity index (χ0v) is 17.8. The number of rotatable bonds is 6. The molecule has 4 rings (SSSR count). The molecule has 3 aromatic carbocycles. The number of anilines is 1. The first-order valence-corrected chi connectivity index (χ1v) is 10.6. The Bertz CT molecular complexity index is 1300. The summed E-state index contributed by atoms with van der Waals surface area (Å²) in [7, 11) is 0. The second-order valence-corrected chi connectivity index (χ2v) is 7.88. The quantitative estimate of drug-likeness (QED) is 0.362. The number of halogens is 4. The van der Waals surface area contributed by atoms with Gasteiger partial charge in [-0.3, -0.25) is 9.36 Å². The summed E-state index contributed by atoms with van der Waals surface area (Å²) in [6, 6.07) is 15.7. The highest BCUT2D eigenvalue weighted by Gasteiger charge is 2.21. The van der Waals surface area contributed by atoms with Crippen molar-refractivity contribution in [1.82, 2.24) is 14.8 Å². The van der Waals surface area contributed by atoms with Crippen molar-refractivity contribution in [1.29, 1.82) is 0 Å². The fourth-order valence-corrected chi connectivity index (χ4v) is 3.91. The van der Waals surface area contributed by atoms with E-state index in [-0.39, 0.29) is 22.3 Å². The molecule has 0 saturated heterocycles. The van der Waals surface area contributed by atoms with Crippen molar-refractivity contribution in [3.63, 3.8) is 0 Å². The summed E-state index contributed by atoms with van der Waals surface area (Å²) < 4.78 is 43.2. The summed E-state index contributed by atoms with van der Waals surface area (Å²) in [5.41, 5.74) is 0.428. The van der Waals surface area contributed by atoms with Gasteiger partial charge in [-0.15, -0.1) is 10.2 Å². The lowest BCUT2D eigenvalue weighted by atomic mass is 10.2. The van der Waals surface area contributed by atoms with Gasteiger partial charge in [0.05, 0.1) is 22.2 Å². The molecule has 0 aliphatic carbocycles. The first-order chi connectivity index (χ1) is 15.4. The summed E-state index contributed by atoms with van der Waals surface area (Å²) in [4.78, 5) is 12.3. The van der Waals surface area contributed by atoms with Gasteiger partial charge >= 0.3 is 0 Å². The van der Waals surface area contributed by atoms with Gasteiger partial charge < -0.3 is 5.32 Å². The Labute approximate surface area is 190 Å². The average molecular weight is 475 g/mol. The van der Waals surface area contributed by atoms with Gasteiger partial charge in [-0.2, -0.15) is 0 Å². The summed E-state index contributed by atoms with van der Waals surface area (Å²) in [5.74, 6) is -2.47. The molecule has 0 atom stereocenters. The highest BCUT2D eigenvalue weighted by atomic mass is 35.5. The van der Waals surface area contributed by atoms with Crippen molar-refractivity contribution in [2.45, 2.75) is 5.16 Å². The standard InChI is InChI=1S/C22H14ClF3N4OS/c23-15-6-2-1-5-14(15)21-28-29-22(30(21)19-8-4-3-7-17(19)26)32-12-20(31)27-18-11-13(24)9-10-16(18)25/h1-11H,12H2,(H,27,31). The summed E-state index contributed by atoms with van der Waals surface area (Å²) in [6.07, 6.45) is 0. The molecule has 0 aliphatic rings. The molecule has 0 unspecified atom stereocenters. The molecular formula is C22H14ClF3N4OS. The molecule has 0 radical (unpaired) electrons. The van der Waals surface area contributed by atoms with E-state index in [0.717, 1.165) is 30.0 Å². The zero-order valence-electron chi connectivity index (χ0n) is 16.2. The highest BCUT2D eigenvalue weighted by Crippen LogP contribution is 2.32. The number of thioether (sulfide) groups is 1. The Morgan fingerprint density at radius 1 is 0.969 bits per heavy atom. The second kappa shape index (κ2) is 9.46. The van der Waals surface area contributed by atoms with Gasteiger partial charge in [0.15, 0.2) is 11.0 Å². The van der Waals surface area contributed by atoms with E-state index in [1.807, 2.05) is 0 Å². The Kier molecular flexibility index (Phi) is 6.48. The molecule has 1 amide bonds. The molecule has 0 fully saturated rings. The van der Waals surface area contributed by atoms with E-state index < -0.39 is 23.4 Å². The molecule has 0 spiro atoms. The number of aromatic nitrogens is 3. The van der Waals surface area contributed by atoms with Crippen LogP contribution in [0.25, 0.3) is 17.1 Å². The normalized spacial score (nSPS) is 10.9. The Morgan fingerprint density at radius 2 is 1.72 bits per heavy atom. The molecule has 4 aromatic rings. The van der Waals surface area contributed by atoms with Gasteiger partial charge in [0.1, 0.15) is 17.5 Å². The Balaban J connectivity index is 1.64. The maximum Gasteiger partial charge on any atom is 0.234 e. The Morgan fingerprint density at radius 3 is 2.50 bits per heavy atom. The molecule has 1 heterocycles. The number of benzene rings is 3. The number of para-hydroxylation sites is 1. The SMILES string of the molecule is O=C(CSc1nnc(-c2ccccc2Cl)n1-c1ccccc1F)Nc1cc(F)ccc1F. The van der Waals surface area contributed by atoms with Crippen LogP contribution in [-0.2, 0) is 4.79 Å². The van der Waals surface area contributed by atoms with Crippen LogP contribution in [0.5, 0.6) is 0 Å². The van der Waals surface area contributed by atoms with Gasteiger partial charge in [0.2, 0.25) is 5.91 Å². The number of hydrogen-bond acceptors (Lipinski definition) is 4. The van der Waals surface area contributed by atoms with Gasteiger partial charge in [-0.1, -0.05) is 47.6 Å². The predicted octanol–water partition coefficient (Wildman–Crippen LogP) is 5.74. The monoisotopic (exact) mass is 474 g/mol. The molecule has 1 N–H and O–H groups in total. The predicted molar refractivity (Wildman–Crippen MR) is 117 cm³/mol. The van der Waals surface area contributed by atoms with Crippen LogP contribution >= 0.6 is 23.4 Å². The fraction of sp³-hybridized carbons (Fsp3) is 0.0455. The number of hydrogen-bond donors (Lipinski definition) is 1. The van der Waals surface area contributed by atoms with Crippen molar-refractivity contribution >= 4 is 35.0 Å². The largest absolute Gasteiger partial charge is 0.323 e. The summed E-state index contributed by atoms with van der Waals surface area (Å²) in [5, 5.41) is 11.2. The van der Waals surface area contributed by atoms with Crippen LogP contribution in [0.4, 0.5) is 18.9 Å². The average Bonchev–Trinajstić information content (AvgIpc) is 3.19. The lowest BCUT2D eigenvalue weighted by Crippen LogP contribution is -2.16. The van der Waals surface area contributed by atoms with Crippen LogP contribution in [0.15, 0.2) is 71.9 Å². The summed E-state index contributed by atoms with van der Waals surface area (Å²) in [6.45, 7) is 0. The molecule has 0 aliphatic heterocycles. The minimum Gasteiger partial charge on any atom is -0.323 e. The smallest absolute Gasteiger partial charge is 0.234 e. The van der Waals surface area contributed by atoms with Gasteiger partial charge in [-0.25, -0.2) is 13.2 Å². The van der Waals surface area contributed by atoms with Crippen LogP contribution in [0.2, 0.25) is 5.02 Å². The third-order valence-electron chi connectivity index (χ3n) is 4.38.